The Balaban J connectivity index is 4.71. The van der Waals surface area contributed by atoms with Crippen molar-refractivity contribution in [3.05, 3.63) is 0 Å². The zero-order valence-electron chi connectivity index (χ0n) is 12.7. The quantitative estimate of drug-likeness (QED) is 0.291. The van der Waals surface area contributed by atoms with Gasteiger partial charge in [-0.25, -0.2) is 0 Å². The number of ether oxygens (including phenoxy) is 4. The summed E-state index contributed by atoms with van der Waals surface area (Å²) in [5.74, 6) is 0. The summed E-state index contributed by atoms with van der Waals surface area (Å²) in [5.41, 5.74) is -0.672. The van der Waals surface area contributed by atoms with Gasteiger partial charge >= 0.3 is 0 Å². The van der Waals surface area contributed by atoms with E-state index in [9.17, 15) is 0 Å². The Morgan fingerprint density at radius 2 is 1.00 bits per heavy atom. The molecule has 0 heterocycles. The molecule has 8 heteroatoms. The first kappa shape index (κ1) is 20.7. The molecule has 0 bridgehead atoms. The van der Waals surface area contributed by atoms with Crippen molar-refractivity contribution in [1.82, 2.24) is 0 Å². The van der Waals surface area contributed by atoms with E-state index in [-0.39, 0.29) is 52.9 Å². The molecule has 0 rings (SSSR count). The van der Waals surface area contributed by atoms with Gasteiger partial charge in [-0.1, -0.05) is 0 Å². The molecule has 0 aromatic carbocycles. The van der Waals surface area contributed by atoms with Gasteiger partial charge in [0.15, 0.2) is 0 Å². The molecule has 8 nitrogen and oxygen atoms in total. The minimum Gasteiger partial charge on any atom is -0.394 e. The summed E-state index contributed by atoms with van der Waals surface area (Å²) in [6, 6.07) is 0. The summed E-state index contributed by atoms with van der Waals surface area (Å²) >= 11 is 0. The van der Waals surface area contributed by atoms with Gasteiger partial charge in [0.1, 0.15) is 12.2 Å². The van der Waals surface area contributed by atoms with Gasteiger partial charge in [0, 0.05) is 14.2 Å². The van der Waals surface area contributed by atoms with Gasteiger partial charge in [-0.15, -0.1) is 0 Å². The largest absolute Gasteiger partial charge is 0.394 e. The van der Waals surface area contributed by atoms with Crippen LogP contribution in [0.4, 0.5) is 0 Å². The van der Waals surface area contributed by atoms with Crippen LogP contribution in [0.5, 0.6) is 0 Å². The molecule has 0 aliphatic carbocycles. The van der Waals surface area contributed by atoms with Crippen LogP contribution in [0.2, 0.25) is 0 Å². The standard InChI is InChI=1S/C13H28O8/c1-18-7-13(8-19-2,9-20-11(3-14)4-15)10-21-12(5-16)6-17/h11-12,14-17H,3-10H2,1-2H3. The third-order valence-corrected chi connectivity index (χ3v) is 2.97. The van der Waals surface area contributed by atoms with Crippen LogP contribution in [0.15, 0.2) is 0 Å². The highest BCUT2D eigenvalue weighted by molar-refractivity contribution is 4.80. The fourth-order valence-corrected chi connectivity index (χ4v) is 1.78. The molecular formula is C13H28O8. The lowest BCUT2D eigenvalue weighted by molar-refractivity contribution is -0.139. The number of hydrogen-bond acceptors (Lipinski definition) is 8. The minimum absolute atomic E-state index is 0.129. The Labute approximate surface area is 125 Å². The molecule has 0 aliphatic rings. The van der Waals surface area contributed by atoms with E-state index in [1.807, 2.05) is 0 Å². The normalized spacial score (nSPS) is 12.6. The van der Waals surface area contributed by atoms with Crippen molar-refractivity contribution < 1.29 is 39.4 Å². The molecule has 0 fully saturated rings. The van der Waals surface area contributed by atoms with Crippen molar-refractivity contribution in [3.63, 3.8) is 0 Å². The van der Waals surface area contributed by atoms with Crippen molar-refractivity contribution in [3.8, 4) is 0 Å². The number of aliphatic hydroxyl groups is 4. The second-order valence-corrected chi connectivity index (χ2v) is 4.96. The van der Waals surface area contributed by atoms with E-state index in [1.165, 1.54) is 14.2 Å². The molecule has 0 aliphatic heterocycles. The number of rotatable bonds is 14. The molecule has 128 valence electrons. The van der Waals surface area contributed by atoms with Crippen molar-refractivity contribution in [1.29, 1.82) is 0 Å². The van der Waals surface area contributed by atoms with E-state index in [4.69, 9.17) is 39.4 Å². The summed E-state index contributed by atoms with van der Waals surface area (Å²) in [4.78, 5) is 0. The first-order chi connectivity index (χ1) is 10.1. The lowest BCUT2D eigenvalue weighted by Crippen LogP contribution is -2.44. The van der Waals surface area contributed by atoms with E-state index < -0.39 is 17.6 Å². The van der Waals surface area contributed by atoms with Crippen LogP contribution in [0, 0.1) is 5.41 Å². The summed E-state index contributed by atoms with van der Waals surface area (Å²) < 4.78 is 21.2. The molecule has 4 N–H and O–H groups in total. The van der Waals surface area contributed by atoms with Crippen molar-refractivity contribution in [2.24, 2.45) is 5.41 Å². The van der Waals surface area contributed by atoms with Crippen LogP contribution in [0.1, 0.15) is 0 Å². The molecule has 0 amide bonds. The topological polar surface area (TPSA) is 118 Å². The van der Waals surface area contributed by atoms with Crippen LogP contribution < -0.4 is 0 Å². The van der Waals surface area contributed by atoms with Crippen molar-refractivity contribution in [2.45, 2.75) is 12.2 Å². The van der Waals surface area contributed by atoms with E-state index in [0.29, 0.717) is 0 Å². The summed E-state index contributed by atoms with van der Waals surface area (Å²) in [6.45, 7) is -0.435. The molecular weight excluding hydrogens is 284 g/mol. The maximum Gasteiger partial charge on any atom is 0.104 e. The van der Waals surface area contributed by atoms with E-state index in [1.54, 1.807) is 0 Å². The van der Waals surface area contributed by atoms with Gasteiger partial charge in [0.05, 0.1) is 58.3 Å². The average Bonchev–Trinajstić information content (AvgIpc) is 2.50. The molecule has 0 saturated carbocycles. The van der Waals surface area contributed by atoms with Crippen LogP contribution in [-0.4, -0.2) is 99.7 Å². The monoisotopic (exact) mass is 312 g/mol. The molecule has 0 unspecified atom stereocenters. The van der Waals surface area contributed by atoms with Crippen molar-refractivity contribution >= 4 is 0 Å². The Kier molecular flexibility index (Phi) is 12.1. The summed E-state index contributed by atoms with van der Waals surface area (Å²) in [6.07, 6.45) is -1.38. The highest BCUT2D eigenvalue weighted by atomic mass is 16.5. The molecule has 0 aromatic heterocycles. The Morgan fingerprint density at radius 1 is 0.667 bits per heavy atom. The van der Waals surface area contributed by atoms with Gasteiger partial charge in [0.25, 0.3) is 0 Å². The predicted molar refractivity (Wildman–Crippen MR) is 74.0 cm³/mol. The number of methoxy groups -OCH3 is 2. The predicted octanol–water partition coefficient (Wildman–Crippen LogP) is -1.99. The van der Waals surface area contributed by atoms with Crippen LogP contribution in [0.25, 0.3) is 0 Å². The highest BCUT2D eigenvalue weighted by Gasteiger charge is 2.33. The maximum atomic E-state index is 9.03. The molecule has 0 atom stereocenters. The fraction of sp³-hybridized carbons (Fsp3) is 1.00. The first-order valence-electron chi connectivity index (χ1n) is 6.75. The second kappa shape index (κ2) is 12.2. The third-order valence-electron chi connectivity index (χ3n) is 2.97. The lowest BCUT2D eigenvalue weighted by atomic mass is 9.92. The van der Waals surface area contributed by atoms with Crippen LogP contribution in [-0.2, 0) is 18.9 Å². The molecule has 0 aromatic rings. The van der Waals surface area contributed by atoms with E-state index in [2.05, 4.69) is 0 Å². The van der Waals surface area contributed by atoms with E-state index in [0.717, 1.165) is 0 Å². The number of aliphatic hydroxyl groups excluding tert-OH is 4. The molecule has 0 spiro atoms. The van der Waals surface area contributed by atoms with Gasteiger partial charge in [0.2, 0.25) is 0 Å². The first-order valence-corrected chi connectivity index (χ1v) is 6.75. The maximum absolute atomic E-state index is 9.03. The van der Waals surface area contributed by atoms with Gasteiger partial charge in [-0.2, -0.15) is 0 Å². The van der Waals surface area contributed by atoms with Crippen LogP contribution >= 0.6 is 0 Å². The van der Waals surface area contributed by atoms with E-state index >= 15 is 0 Å². The lowest BCUT2D eigenvalue weighted by Gasteiger charge is -2.34. The third kappa shape index (κ3) is 8.03. The van der Waals surface area contributed by atoms with Crippen molar-refractivity contribution in [2.75, 3.05) is 67.1 Å². The zero-order chi connectivity index (χ0) is 16.1. The van der Waals surface area contributed by atoms with Gasteiger partial charge < -0.3 is 39.4 Å². The smallest absolute Gasteiger partial charge is 0.104 e. The highest BCUT2D eigenvalue weighted by Crippen LogP contribution is 2.21. The zero-order valence-corrected chi connectivity index (χ0v) is 12.7. The van der Waals surface area contributed by atoms with Gasteiger partial charge in [-0.3, -0.25) is 0 Å². The average molecular weight is 312 g/mol. The van der Waals surface area contributed by atoms with Gasteiger partial charge in [-0.05, 0) is 0 Å². The second-order valence-electron chi connectivity index (χ2n) is 4.96. The molecule has 0 radical (unpaired) electrons. The summed E-state index contributed by atoms with van der Waals surface area (Å²) in [5, 5.41) is 36.1. The number of hydrogen-bond donors (Lipinski definition) is 4. The van der Waals surface area contributed by atoms with Crippen LogP contribution in [0.3, 0.4) is 0 Å². The summed E-state index contributed by atoms with van der Waals surface area (Å²) in [7, 11) is 3.05. The Morgan fingerprint density at radius 3 is 1.24 bits per heavy atom. The molecule has 21 heavy (non-hydrogen) atoms. The SMILES string of the molecule is COCC(COC)(COC(CO)CO)COC(CO)CO. The minimum atomic E-state index is -0.690. The molecule has 0 saturated heterocycles. The Bertz CT molecular complexity index is 206. The fourth-order valence-electron chi connectivity index (χ4n) is 1.78. The Hall–Kier alpha value is -0.320.